The number of carbonyl (C=O) groups excluding carboxylic acids is 2. The van der Waals surface area contributed by atoms with E-state index >= 15 is 0 Å². The Balaban J connectivity index is 1.50. The van der Waals surface area contributed by atoms with Crippen LogP contribution in [-0.2, 0) is 27.5 Å². The zero-order chi connectivity index (χ0) is 32.2. The molecule has 246 valence electrons. The van der Waals surface area contributed by atoms with Gasteiger partial charge in [-0.2, -0.15) is 0 Å². The number of aliphatic hydroxyl groups is 3. The van der Waals surface area contributed by atoms with Crippen LogP contribution in [0.2, 0.25) is 0 Å². The van der Waals surface area contributed by atoms with Crippen molar-refractivity contribution in [3.63, 3.8) is 0 Å². The van der Waals surface area contributed by atoms with E-state index in [1.54, 1.807) is 30.5 Å². The number of nitrogens with zero attached hydrogens (tertiary/aromatic N) is 1. The molecule has 7 atom stereocenters. The third-order valence-corrected chi connectivity index (χ3v) is 9.49. The van der Waals surface area contributed by atoms with Crippen LogP contribution >= 0.6 is 0 Å². The summed E-state index contributed by atoms with van der Waals surface area (Å²) < 4.78 is 23.5. The van der Waals surface area contributed by atoms with Gasteiger partial charge in [-0.25, -0.2) is 0 Å². The minimum Gasteiger partial charge on any atom is -0.493 e. The molecule has 2 heterocycles. The number of amides is 2. The van der Waals surface area contributed by atoms with Crippen molar-refractivity contribution in [2.45, 2.75) is 83.5 Å². The van der Waals surface area contributed by atoms with Crippen LogP contribution in [0.25, 0.3) is 0 Å². The summed E-state index contributed by atoms with van der Waals surface area (Å²) in [4.78, 5) is 29.2. The quantitative estimate of drug-likeness (QED) is 0.279. The second kappa shape index (κ2) is 14.4. The monoisotopic (exact) mass is 626 g/mol. The minimum atomic E-state index is -1.23. The number of hydrogen-bond donors (Lipinski definition) is 4. The number of nitrogens with one attached hydrogen (secondary N) is 1. The highest BCUT2D eigenvalue weighted by Gasteiger charge is 2.51. The van der Waals surface area contributed by atoms with E-state index < -0.39 is 30.1 Å². The van der Waals surface area contributed by atoms with Gasteiger partial charge in [0.25, 0.3) is 0 Å². The van der Waals surface area contributed by atoms with E-state index in [4.69, 9.17) is 18.6 Å². The first-order valence-electron chi connectivity index (χ1n) is 15.9. The van der Waals surface area contributed by atoms with Gasteiger partial charge in [-0.15, -0.1) is 0 Å². The van der Waals surface area contributed by atoms with E-state index in [1.807, 2.05) is 0 Å². The minimum absolute atomic E-state index is 0.0246. The molecule has 0 spiro atoms. The molecule has 45 heavy (non-hydrogen) atoms. The number of hydrogen-bond acceptors (Lipinski definition) is 9. The molecule has 2 aliphatic carbocycles. The zero-order valence-electron chi connectivity index (χ0n) is 26.5. The maximum Gasteiger partial charge on any atom is 0.249 e. The van der Waals surface area contributed by atoms with Gasteiger partial charge in [0, 0.05) is 29.8 Å². The first kappa shape index (κ1) is 33.0. The van der Waals surface area contributed by atoms with Gasteiger partial charge in [0.1, 0.15) is 18.8 Å². The van der Waals surface area contributed by atoms with Crippen molar-refractivity contribution in [2.24, 2.45) is 17.8 Å². The molecule has 0 bridgehead atoms. The average molecular weight is 627 g/mol. The molecular formula is C34H46N2O9. The van der Waals surface area contributed by atoms with Crippen molar-refractivity contribution < 1.29 is 43.5 Å². The Morgan fingerprint density at radius 3 is 2.64 bits per heavy atom. The summed E-state index contributed by atoms with van der Waals surface area (Å²) in [6, 6.07) is 4.19. The summed E-state index contributed by atoms with van der Waals surface area (Å²) >= 11 is 0. The maximum absolute atomic E-state index is 14.1. The lowest BCUT2D eigenvalue weighted by Gasteiger charge is -2.41. The number of fused-ring (bicyclic) bond motifs is 3. The number of furan rings is 1. The highest BCUT2D eigenvalue weighted by atomic mass is 16.5. The fourth-order valence-electron chi connectivity index (χ4n) is 7.13. The van der Waals surface area contributed by atoms with Gasteiger partial charge >= 0.3 is 0 Å². The second-order valence-electron chi connectivity index (χ2n) is 12.8. The van der Waals surface area contributed by atoms with Crippen molar-refractivity contribution in [2.75, 3.05) is 26.9 Å². The maximum atomic E-state index is 14.1. The first-order valence-corrected chi connectivity index (χ1v) is 15.9. The summed E-state index contributed by atoms with van der Waals surface area (Å²) in [5.74, 6) is 0.519. The van der Waals surface area contributed by atoms with Crippen LogP contribution in [0.4, 0.5) is 0 Å². The highest BCUT2D eigenvalue weighted by Crippen LogP contribution is 2.51. The number of benzene rings is 1. The molecule has 11 nitrogen and oxygen atoms in total. The van der Waals surface area contributed by atoms with E-state index in [0.717, 1.165) is 19.3 Å². The van der Waals surface area contributed by atoms with E-state index in [0.29, 0.717) is 45.9 Å². The van der Waals surface area contributed by atoms with Crippen molar-refractivity contribution in [3.05, 3.63) is 59.1 Å². The lowest BCUT2D eigenvalue weighted by molar-refractivity contribution is -0.148. The van der Waals surface area contributed by atoms with Crippen LogP contribution in [-0.4, -0.2) is 83.3 Å². The Labute approximate surface area is 264 Å². The fraction of sp³-hybridized carbons (Fsp3) is 0.588. The molecule has 1 saturated carbocycles. The van der Waals surface area contributed by atoms with Crippen molar-refractivity contribution >= 4 is 11.8 Å². The molecule has 1 aromatic heterocycles. The Morgan fingerprint density at radius 2 is 1.98 bits per heavy atom. The van der Waals surface area contributed by atoms with Gasteiger partial charge in [0.05, 0.1) is 50.9 Å². The summed E-state index contributed by atoms with van der Waals surface area (Å²) in [6.07, 6.45) is 5.53. The Morgan fingerprint density at radius 1 is 1.18 bits per heavy atom. The molecule has 3 aliphatic rings. The summed E-state index contributed by atoms with van der Waals surface area (Å²) in [7, 11) is 1.48. The molecule has 1 aliphatic heterocycles. The molecular weight excluding hydrogens is 580 g/mol. The summed E-state index contributed by atoms with van der Waals surface area (Å²) in [5, 5.41) is 33.9. The lowest BCUT2D eigenvalue weighted by Crippen LogP contribution is -2.56. The van der Waals surface area contributed by atoms with Gasteiger partial charge in [-0.05, 0) is 60.4 Å². The summed E-state index contributed by atoms with van der Waals surface area (Å²) in [5.41, 5.74) is 2.15. The number of carbonyl (C=O) groups is 2. The largest absolute Gasteiger partial charge is 0.493 e. The topological polar surface area (TPSA) is 151 Å². The Hall–Kier alpha value is -3.38. The number of aliphatic hydroxyl groups excluding tert-OH is 3. The lowest BCUT2D eigenvalue weighted by atomic mass is 9.75. The normalized spacial score (nSPS) is 27.3. The van der Waals surface area contributed by atoms with Crippen molar-refractivity contribution in [1.82, 2.24) is 10.2 Å². The predicted molar refractivity (Wildman–Crippen MR) is 164 cm³/mol. The Kier molecular flexibility index (Phi) is 10.5. The van der Waals surface area contributed by atoms with Crippen LogP contribution in [0.15, 0.2) is 46.8 Å². The molecule has 1 aromatic carbocycles. The third-order valence-electron chi connectivity index (χ3n) is 9.49. The van der Waals surface area contributed by atoms with Gasteiger partial charge in [-0.3, -0.25) is 9.59 Å². The van der Waals surface area contributed by atoms with Crippen molar-refractivity contribution in [3.8, 4) is 11.5 Å². The molecule has 4 N–H and O–H groups in total. The van der Waals surface area contributed by atoms with Crippen LogP contribution in [0, 0.1) is 17.8 Å². The fourth-order valence-corrected chi connectivity index (χ4v) is 7.13. The number of rotatable bonds is 12. The number of methoxy groups -OCH3 is 1. The molecule has 1 fully saturated rings. The average Bonchev–Trinajstić information content (AvgIpc) is 3.69. The van der Waals surface area contributed by atoms with Crippen LogP contribution < -0.4 is 14.8 Å². The molecule has 11 heteroatoms. The van der Waals surface area contributed by atoms with Gasteiger partial charge < -0.3 is 44.2 Å². The SMILES string of the molecule is COc1cc(CO)cc2c1O[C@@H]1[C@@H](O)[C@H](N(Cc3ccoc3)C(=O)CO[C@H]3C[C@@H](C)CC[C@@H]3C(C)C)C=C(C(=O)NCCO)[C@H]21. The zero-order valence-corrected chi connectivity index (χ0v) is 26.5. The highest BCUT2D eigenvalue weighted by molar-refractivity contribution is 5.96. The van der Waals surface area contributed by atoms with E-state index in [1.165, 1.54) is 18.3 Å². The van der Waals surface area contributed by atoms with Crippen LogP contribution in [0.3, 0.4) is 0 Å². The van der Waals surface area contributed by atoms with Crippen molar-refractivity contribution in [1.29, 1.82) is 0 Å². The van der Waals surface area contributed by atoms with E-state index in [2.05, 4.69) is 26.1 Å². The second-order valence-corrected chi connectivity index (χ2v) is 12.8. The predicted octanol–water partition coefficient (Wildman–Crippen LogP) is 2.91. The third kappa shape index (κ3) is 6.91. The van der Waals surface area contributed by atoms with E-state index in [9.17, 15) is 24.9 Å². The van der Waals surface area contributed by atoms with Crippen LogP contribution in [0.1, 0.15) is 62.6 Å². The van der Waals surface area contributed by atoms with Gasteiger partial charge in [0.15, 0.2) is 11.5 Å². The first-order chi connectivity index (χ1) is 21.7. The summed E-state index contributed by atoms with van der Waals surface area (Å²) in [6.45, 7) is 6.03. The molecule has 5 rings (SSSR count). The molecule has 0 radical (unpaired) electrons. The van der Waals surface area contributed by atoms with E-state index in [-0.39, 0.29) is 50.5 Å². The smallest absolute Gasteiger partial charge is 0.249 e. The molecule has 0 unspecified atom stereocenters. The standard InChI is InChI=1S/C34H46N2O9/c1-19(2)23-6-5-20(3)11-27(23)44-18-29(39)36(15-21-7-10-43-17-21)26-14-25(34(41)35-8-9-37)30-24-12-22(16-38)13-28(42-4)32(24)45-33(30)31(26)40/h7,10,12-14,17,19-20,23,26-27,30-31,33,37-38,40H,5-6,8-9,11,15-16,18H2,1-4H3,(H,35,41)/t20-,23+,26+,27-,30-,31-,33-/m0/s1. The van der Waals surface area contributed by atoms with Gasteiger partial charge in [-0.1, -0.05) is 27.2 Å². The Bertz CT molecular complexity index is 1360. The molecule has 0 saturated heterocycles. The van der Waals surface area contributed by atoms with Gasteiger partial charge in [0.2, 0.25) is 11.8 Å². The van der Waals surface area contributed by atoms with Crippen LogP contribution in [0.5, 0.6) is 11.5 Å². The number of ether oxygens (including phenoxy) is 3. The molecule has 2 aromatic rings. The molecule has 2 amide bonds.